The molecule has 3 heterocycles. The fourth-order valence-electron chi connectivity index (χ4n) is 5.48. The highest BCUT2D eigenvalue weighted by Gasteiger charge is 2.38. The van der Waals surface area contributed by atoms with Gasteiger partial charge in [-0.25, -0.2) is 4.98 Å². The number of carbonyl (C=O) groups excluding carboxylic acids is 1. The Morgan fingerprint density at radius 1 is 1.26 bits per heavy atom. The number of aliphatic hydroxyl groups is 1. The van der Waals surface area contributed by atoms with Crippen molar-refractivity contribution in [2.45, 2.75) is 37.4 Å². The number of aldehydes is 1. The largest absolute Gasteiger partial charge is 0.395 e. The summed E-state index contributed by atoms with van der Waals surface area (Å²) >= 11 is 12.6. The summed E-state index contributed by atoms with van der Waals surface area (Å²) in [5.74, 6) is 0. The van der Waals surface area contributed by atoms with Crippen LogP contribution in [-0.4, -0.2) is 76.8 Å². The second-order valence-electron chi connectivity index (χ2n) is 9.72. The Kier molecular flexibility index (Phi) is 7.06. The summed E-state index contributed by atoms with van der Waals surface area (Å²) in [7, 11) is 0. The van der Waals surface area contributed by atoms with Crippen LogP contribution in [0.3, 0.4) is 0 Å². The third-order valence-electron chi connectivity index (χ3n) is 7.56. The predicted molar refractivity (Wildman–Crippen MR) is 141 cm³/mol. The smallest absolute Gasteiger partial charge is 0.141 e. The van der Waals surface area contributed by atoms with E-state index in [-0.39, 0.29) is 18.7 Å². The van der Waals surface area contributed by atoms with E-state index in [1.165, 1.54) is 0 Å². The van der Waals surface area contributed by atoms with Crippen molar-refractivity contribution < 1.29 is 9.90 Å². The molecule has 2 fully saturated rings. The monoisotopic (exact) mass is 515 g/mol. The van der Waals surface area contributed by atoms with Crippen LogP contribution in [0.25, 0.3) is 11.0 Å². The van der Waals surface area contributed by atoms with Crippen LogP contribution in [0.1, 0.15) is 31.4 Å². The maximum absolute atomic E-state index is 11.8. The summed E-state index contributed by atoms with van der Waals surface area (Å²) in [4.78, 5) is 21.0. The van der Waals surface area contributed by atoms with Crippen LogP contribution in [0.4, 0.5) is 5.69 Å². The molecule has 9 heteroatoms. The van der Waals surface area contributed by atoms with Crippen molar-refractivity contribution in [2.75, 3.05) is 44.2 Å². The van der Waals surface area contributed by atoms with Crippen molar-refractivity contribution in [3.05, 3.63) is 58.3 Å². The van der Waals surface area contributed by atoms with E-state index >= 15 is 0 Å². The molecule has 1 unspecified atom stereocenters. The molecule has 2 aromatic carbocycles. The molecule has 2 aliphatic heterocycles. The van der Waals surface area contributed by atoms with E-state index in [9.17, 15) is 9.90 Å². The first-order valence-electron chi connectivity index (χ1n) is 12.2. The van der Waals surface area contributed by atoms with Crippen molar-refractivity contribution >= 4 is 46.2 Å². The predicted octanol–water partition coefficient (Wildman–Crippen LogP) is 3.76. The molecule has 0 aliphatic carbocycles. The Labute approximate surface area is 215 Å². The van der Waals surface area contributed by atoms with Gasteiger partial charge in [-0.15, -0.1) is 0 Å². The Bertz CT molecular complexity index is 1210. The van der Waals surface area contributed by atoms with Gasteiger partial charge in [-0.2, -0.15) is 0 Å². The molecule has 0 bridgehead atoms. The van der Waals surface area contributed by atoms with Gasteiger partial charge in [-0.3, -0.25) is 4.90 Å². The van der Waals surface area contributed by atoms with Crippen molar-refractivity contribution in [1.29, 1.82) is 0 Å². The summed E-state index contributed by atoms with van der Waals surface area (Å²) in [6.45, 7) is 5.97. The van der Waals surface area contributed by atoms with E-state index in [1.807, 2.05) is 24.5 Å². The standard InChI is InChI=1S/C26H31Cl2N5O2/c1-18(22-5-3-19(27)11-23(22)28)33-17-29-24-6-4-20(12-25(24)33)31-9-10-32(21(13-31)14-34)15-26(16-35)7-2-8-30-26/h3-6,11-12,16-18,21,30,34H,2,7-10,13-15H2,1H3/t18-,21+,26?/m1/s1. The number of fused-ring (bicyclic) bond motifs is 1. The van der Waals surface area contributed by atoms with E-state index in [0.29, 0.717) is 23.1 Å². The first kappa shape index (κ1) is 24.5. The average molecular weight is 516 g/mol. The number of nitrogens with one attached hydrogen (secondary N) is 1. The normalized spacial score (nSPS) is 24.2. The molecular weight excluding hydrogens is 485 g/mol. The van der Waals surface area contributed by atoms with Crippen LogP contribution < -0.4 is 10.2 Å². The fraction of sp³-hybridized carbons (Fsp3) is 0.462. The highest BCUT2D eigenvalue weighted by atomic mass is 35.5. The number of aliphatic hydroxyl groups excluding tert-OH is 1. The Balaban J connectivity index is 1.37. The van der Waals surface area contributed by atoms with E-state index < -0.39 is 5.54 Å². The van der Waals surface area contributed by atoms with Crippen LogP contribution >= 0.6 is 23.2 Å². The summed E-state index contributed by atoms with van der Waals surface area (Å²) in [6, 6.07) is 11.8. The van der Waals surface area contributed by atoms with Crippen LogP contribution in [0, 0.1) is 0 Å². The van der Waals surface area contributed by atoms with Gasteiger partial charge in [0.2, 0.25) is 0 Å². The van der Waals surface area contributed by atoms with Gasteiger partial charge >= 0.3 is 0 Å². The first-order valence-corrected chi connectivity index (χ1v) is 12.9. The van der Waals surface area contributed by atoms with Gasteiger partial charge in [0.25, 0.3) is 0 Å². The molecule has 3 atom stereocenters. The van der Waals surface area contributed by atoms with Gasteiger partial charge in [0.1, 0.15) is 6.29 Å². The lowest BCUT2D eigenvalue weighted by molar-refractivity contribution is -0.114. The average Bonchev–Trinajstić information content (AvgIpc) is 3.51. The molecule has 2 N–H and O–H groups in total. The van der Waals surface area contributed by atoms with Crippen molar-refractivity contribution in [3.8, 4) is 0 Å². The molecule has 0 spiro atoms. The summed E-state index contributed by atoms with van der Waals surface area (Å²) in [5.41, 5.74) is 3.54. The number of carbonyl (C=O) groups is 1. The number of halogens is 2. The van der Waals surface area contributed by atoms with Crippen molar-refractivity contribution in [3.63, 3.8) is 0 Å². The number of nitrogens with zero attached hydrogens (tertiary/aromatic N) is 4. The summed E-state index contributed by atoms with van der Waals surface area (Å²) in [5, 5.41) is 14.8. The van der Waals surface area contributed by atoms with Crippen LogP contribution in [-0.2, 0) is 4.79 Å². The maximum atomic E-state index is 11.8. The maximum Gasteiger partial charge on any atom is 0.141 e. The molecule has 3 aromatic rings. The minimum Gasteiger partial charge on any atom is -0.395 e. The van der Waals surface area contributed by atoms with E-state index in [2.05, 4.69) is 43.7 Å². The summed E-state index contributed by atoms with van der Waals surface area (Å²) < 4.78 is 2.13. The number of piperazine rings is 1. The number of benzene rings is 2. The second kappa shape index (κ2) is 10.1. The molecule has 0 saturated carbocycles. The number of hydrogen-bond donors (Lipinski definition) is 2. The minimum atomic E-state index is -0.486. The summed E-state index contributed by atoms with van der Waals surface area (Å²) in [6.07, 6.45) is 4.77. The molecule has 5 rings (SSSR count). The lowest BCUT2D eigenvalue weighted by Gasteiger charge is -2.44. The quantitative estimate of drug-likeness (QED) is 0.466. The van der Waals surface area contributed by atoms with Gasteiger partial charge in [0.05, 0.1) is 41.6 Å². The Hall–Kier alpha value is -2.16. The second-order valence-corrected chi connectivity index (χ2v) is 10.6. The third-order valence-corrected chi connectivity index (χ3v) is 8.12. The number of aromatic nitrogens is 2. The topological polar surface area (TPSA) is 73.6 Å². The Morgan fingerprint density at radius 3 is 2.83 bits per heavy atom. The van der Waals surface area contributed by atoms with E-state index in [0.717, 1.165) is 61.0 Å². The highest BCUT2D eigenvalue weighted by molar-refractivity contribution is 6.35. The highest BCUT2D eigenvalue weighted by Crippen LogP contribution is 2.32. The molecule has 2 aliphatic rings. The SMILES string of the molecule is C[C@H](c1ccc(Cl)cc1Cl)n1cnc2ccc(N3CCN(CC4(C=O)CCCN4)[C@H](CO)C3)cc21. The molecular formula is C26H31Cl2N5O2. The van der Waals surface area contributed by atoms with Gasteiger partial charge in [0, 0.05) is 41.9 Å². The number of hydrogen-bond acceptors (Lipinski definition) is 6. The number of anilines is 1. The number of rotatable bonds is 7. The Morgan fingerprint density at radius 2 is 2.11 bits per heavy atom. The number of imidazole rings is 1. The molecule has 186 valence electrons. The lowest BCUT2D eigenvalue weighted by atomic mass is 9.97. The fourth-order valence-corrected chi connectivity index (χ4v) is 6.05. The molecule has 0 radical (unpaired) electrons. The van der Waals surface area contributed by atoms with E-state index in [4.69, 9.17) is 23.2 Å². The zero-order chi connectivity index (χ0) is 24.6. The van der Waals surface area contributed by atoms with Crippen LogP contribution in [0.2, 0.25) is 10.0 Å². The zero-order valence-electron chi connectivity index (χ0n) is 19.8. The zero-order valence-corrected chi connectivity index (χ0v) is 21.3. The van der Waals surface area contributed by atoms with E-state index in [1.54, 1.807) is 6.07 Å². The van der Waals surface area contributed by atoms with Crippen LogP contribution in [0.15, 0.2) is 42.7 Å². The molecule has 0 amide bonds. The first-order chi connectivity index (χ1) is 16.9. The van der Waals surface area contributed by atoms with Crippen molar-refractivity contribution in [2.24, 2.45) is 0 Å². The third kappa shape index (κ3) is 4.80. The molecule has 2 saturated heterocycles. The molecule has 1 aromatic heterocycles. The minimum absolute atomic E-state index is 0.0134. The van der Waals surface area contributed by atoms with Gasteiger partial charge in [-0.05, 0) is 62.2 Å². The van der Waals surface area contributed by atoms with Gasteiger partial charge in [0.15, 0.2) is 0 Å². The van der Waals surface area contributed by atoms with Gasteiger partial charge < -0.3 is 24.7 Å². The van der Waals surface area contributed by atoms with Crippen molar-refractivity contribution in [1.82, 2.24) is 19.8 Å². The van der Waals surface area contributed by atoms with Gasteiger partial charge in [-0.1, -0.05) is 29.3 Å². The van der Waals surface area contributed by atoms with Crippen LogP contribution in [0.5, 0.6) is 0 Å². The molecule has 35 heavy (non-hydrogen) atoms. The lowest BCUT2D eigenvalue weighted by Crippen LogP contribution is -2.61. The molecule has 7 nitrogen and oxygen atoms in total.